The Kier molecular flexibility index (Phi) is 7.29. The summed E-state index contributed by atoms with van der Waals surface area (Å²) in [5, 5.41) is 0. The fourth-order valence-electron chi connectivity index (χ4n) is 5.66. The quantitative estimate of drug-likeness (QED) is 0.259. The third-order valence-corrected chi connectivity index (χ3v) is 7.46. The van der Waals surface area contributed by atoms with Crippen LogP contribution in [0.5, 0.6) is 11.5 Å². The number of halogens is 1. The summed E-state index contributed by atoms with van der Waals surface area (Å²) in [6, 6.07) is 11.7. The highest BCUT2D eigenvalue weighted by Gasteiger charge is 2.36. The van der Waals surface area contributed by atoms with Gasteiger partial charge in [0.15, 0.2) is 0 Å². The van der Waals surface area contributed by atoms with Crippen molar-refractivity contribution >= 4 is 5.97 Å². The van der Waals surface area contributed by atoms with Crippen LogP contribution in [0.25, 0.3) is 0 Å². The third-order valence-electron chi connectivity index (χ3n) is 7.46. The molecule has 0 radical (unpaired) electrons. The lowest BCUT2D eigenvalue weighted by Gasteiger charge is -2.42. The van der Waals surface area contributed by atoms with Crippen molar-refractivity contribution in [1.29, 1.82) is 0 Å². The Morgan fingerprint density at radius 3 is 2.47 bits per heavy atom. The number of benzene rings is 2. The van der Waals surface area contributed by atoms with Crippen molar-refractivity contribution in [3.8, 4) is 11.5 Å². The van der Waals surface area contributed by atoms with Crippen LogP contribution in [0.2, 0.25) is 0 Å². The van der Waals surface area contributed by atoms with Crippen LogP contribution in [0.4, 0.5) is 4.39 Å². The zero-order chi connectivity index (χ0) is 22.5. The van der Waals surface area contributed by atoms with Gasteiger partial charge in [-0.2, -0.15) is 0 Å². The van der Waals surface area contributed by atoms with E-state index < -0.39 is 11.8 Å². The van der Waals surface area contributed by atoms with E-state index in [-0.39, 0.29) is 5.56 Å². The molecule has 0 bridgehead atoms. The Morgan fingerprint density at radius 1 is 1.03 bits per heavy atom. The molecule has 2 aromatic rings. The Hall–Kier alpha value is -2.62. The van der Waals surface area contributed by atoms with Crippen LogP contribution < -0.4 is 9.47 Å². The second-order valence-electron chi connectivity index (χ2n) is 9.38. The first-order chi connectivity index (χ1) is 15.6. The van der Waals surface area contributed by atoms with Crippen LogP contribution in [0.15, 0.2) is 55.1 Å². The topological polar surface area (TPSA) is 35.5 Å². The van der Waals surface area contributed by atoms with Crippen molar-refractivity contribution in [1.82, 2.24) is 0 Å². The molecule has 2 aliphatic carbocycles. The number of carbonyl (C=O) groups excluding carboxylic acids is 1. The molecule has 2 aliphatic rings. The lowest BCUT2D eigenvalue weighted by atomic mass is 9.63. The van der Waals surface area contributed by atoms with Crippen LogP contribution in [0.1, 0.15) is 73.2 Å². The van der Waals surface area contributed by atoms with Crippen molar-refractivity contribution in [2.45, 2.75) is 57.3 Å². The van der Waals surface area contributed by atoms with E-state index in [1.807, 2.05) is 12.1 Å². The number of rotatable bonds is 7. The van der Waals surface area contributed by atoms with E-state index in [2.05, 4.69) is 6.58 Å². The molecule has 32 heavy (non-hydrogen) atoms. The Balaban J connectivity index is 1.37. The summed E-state index contributed by atoms with van der Waals surface area (Å²) in [4.78, 5) is 12.5. The molecule has 4 rings (SSSR count). The largest absolute Gasteiger partial charge is 0.497 e. The number of hydrogen-bond acceptors (Lipinski definition) is 3. The maximum atomic E-state index is 14.9. The Morgan fingerprint density at radius 2 is 1.75 bits per heavy atom. The van der Waals surface area contributed by atoms with Crippen LogP contribution in [-0.4, -0.2) is 13.1 Å². The summed E-state index contributed by atoms with van der Waals surface area (Å²) in [5.74, 6) is 2.63. The highest BCUT2D eigenvalue weighted by Crippen LogP contribution is 2.48. The monoisotopic (exact) mass is 436 g/mol. The maximum absolute atomic E-state index is 14.9. The minimum absolute atomic E-state index is 0.0269. The van der Waals surface area contributed by atoms with Gasteiger partial charge in [-0.05, 0) is 111 Å². The molecule has 0 amide bonds. The summed E-state index contributed by atoms with van der Waals surface area (Å²) in [6.45, 7) is 3.86. The molecule has 0 saturated heterocycles. The zero-order valence-corrected chi connectivity index (χ0v) is 18.9. The molecule has 0 N–H and O–H groups in total. The smallest absolute Gasteiger partial charge is 0.346 e. The van der Waals surface area contributed by atoms with Gasteiger partial charge in [-0.15, -0.1) is 6.58 Å². The number of carbonyl (C=O) groups is 1. The molecule has 170 valence electrons. The summed E-state index contributed by atoms with van der Waals surface area (Å²) in [6.07, 6.45) is 11.8. The fourth-order valence-corrected chi connectivity index (χ4v) is 5.66. The average Bonchev–Trinajstić information content (AvgIpc) is 2.82. The van der Waals surface area contributed by atoms with Crippen LogP contribution in [-0.2, 0) is 0 Å². The van der Waals surface area contributed by atoms with Crippen molar-refractivity contribution in [2.24, 2.45) is 17.8 Å². The van der Waals surface area contributed by atoms with Gasteiger partial charge < -0.3 is 9.47 Å². The van der Waals surface area contributed by atoms with E-state index in [0.717, 1.165) is 42.6 Å². The number of methoxy groups -OCH3 is 1. The van der Waals surface area contributed by atoms with E-state index in [1.165, 1.54) is 32.1 Å². The first-order valence-corrected chi connectivity index (χ1v) is 11.8. The van der Waals surface area contributed by atoms with E-state index in [0.29, 0.717) is 17.4 Å². The molecule has 3 nitrogen and oxygen atoms in total. The van der Waals surface area contributed by atoms with Gasteiger partial charge in [-0.3, -0.25) is 0 Å². The molecular weight excluding hydrogens is 403 g/mol. The average molecular weight is 437 g/mol. The molecule has 4 atom stereocenters. The molecule has 2 fully saturated rings. The van der Waals surface area contributed by atoms with Crippen molar-refractivity contribution in [2.75, 3.05) is 7.11 Å². The molecule has 0 spiro atoms. The maximum Gasteiger partial charge on any atom is 0.346 e. The second-order valence-corrected chi connectivity index (χ2v) is 9.38. The van der Waals surface area contributed by atoms with Crippen molar-refractivity contribution in [3.05, 3.63) is 72.1 Å². The first kappa shape index (κ1) is 22.6. The first-order valence-electron chi connectivity index (χ1n) is 11.8. The summed E-state index contributed by atoms with van der Waals surface area (Å²) in [5.41, 5.74) is 0.983. The summed E-state index contributed by atoms with van der Waals surface area (Å²) < 4.78 is 25.3. The van der Waals surface area contributed by atoms with E-state index in [9.17, 15) is 9.18 Å². The lowest BCUT2D eigenvalue weighted by molar-refractivity contribution is 0.0729. The Labute approximate surface area is 190 Å². The molecular formula is C28H33FO3. The van der Waals surface area contributed by atoms with E-state index in [1.54, 1.807) is 43.5 Å². The van der Waals surface area contributed by atoms with Gasteiger partial charge in [0.25, 0.3) is 0 Å². The third kappa shape index (κ3) is 5.23. The van der Waals surface area contributed by atoms with Gasteiger partial charge in [0, 0.05) is 0 Å². The highest BCUT2D eigenvalue weighted by molar-refractivity contribution is 5.91. The molecule has 0 aliphatic heterocycles. The Bertz CT molecular complexity index is 936. The van der Waals surface area contributed by atoms with E-state index in [4.69, 9.17) is 9.47 Å². The van der Waals surface area contributed by atoms with Crippen LogP contribution in [0.3, 0.4) is 0 Å². The number of fused-ring (bicyclic) bond motifs is 1. The molecule has 2 saturated carbocycles. The predicted octanol–water partition coefficient (Wildman–Crippen LogP) is 7.32. The molecule has 0 heterocycles. The summed E-state index contributed by atoms with van der Waals surface area (Å²) in [7, 11) is 1.57. The van der Waals surface area contributed by atoms with Crippen LogP contribution in [0, 0.1) is 23.6 Å². The number of esters is 1. The highest BCUT2D eigenvalue weighted by atomic mass is 19.1. The van der Waals surface area contributed by atoms with Gasteiger partial charge in [0.2, 0.25) is 0 Å². The summed E-state index contributed by atoms with van der Waals surface area (Å²) >= 11 is 0. The fraction of sp³-hybridized carbons (Fsp3) is 0.464. The van der Waals surface area contributed by atoms with Crippen molar-refractivity contribution < 1.29 is 18.7 Å². The SMILES string of the molecule is C=CCCC1CCC2CC(c3ccc(C(=O)Oc4ccc(OC)cc4)c(F)c3)CCC2C1. The van der Waals surface area contributed by atoms with Crippen LogP contribution >= 0.6 is 0 Å². The standard InChI is InChI=1S/C28H33FO3/c1-3-4-5-19-6-7-21-17-22(9-8-20(21)16-19)23-10-15-26(27(29)18-23)28(30)32-25-13-11-24(31-2)12-14-25/h3,10-15,18-22H,1,4-9,16-17H2,2H3. The van der Waals surface area contributed by atoms with Gasteiger partial charge >= 0.3 is 5.97 Å². The minimum Gasteiger partial charge on any atom is -0.497 e. The molecule has 4 unspecified atom stereocenters. The van der Waals surface area contributed by atoms with Gasteiger partial charge in [0.05, 0.1) is 12.7 Å². The number of ether oxygens (including phenoxy) is 2. The number of hydrogen-bond donors (Lipinski definition) is 0. The predicted molar refractivity (Wildman–Crippen MR) is 125 cm³/mol. The second kappa shape index (κ2) is 10.3. The molecule has 0 aromatic heterocycles. The molecule has 4 heteroatoms. The number of allylic oxidation sites excluding steroid dienone is 1. The molecule has 2 aromatic carbocycles. The van der Waals surface area contributed by atoms with Gasteiger partial charge in [0.1, 0.15) is 17.3 Å². The normalized spacial score (nSPS) is 24.9. The van der Waals surface area contributed by atoms with E-state index >= 15 is 0 Å². The van der Waals surface area contributed by atoms with Gasteiger partial charge in [-0.1, -0.05) is 18.6 Å². The van der Waals surface area contributed by atoms with Crippen molar-refractivity contribution in [3.63, 3.8) is 0 Å². The zero-order valence-electron chi connectivity index (χ0n) is 18.9. The minimum atomic E-state index is -0.680. The van der Waals surface area contributed by atoms with Gasteiger partial charge in [-0.25, -0.2) is 9.18 Å². The lowest BCUT2D eigenvalue weighted by Crippen LogP contribution is -2.30.